The molecule has 3 aromatic carbocycles. The monoisotopic (exact) mass is 561 g/mol. The van der Waals surface area contributed by atoms with Crippen molar-refractivity contribution in [1.82, 2.24) is 14.3 Å². The van der Waals surface area contributed by atoms with Crippen LogP contribution in [0, 0.1) is 15.9 Å². The van der Waals surface area contributed by atoms with Gasteiger partial charge in [0.1, 0.15) is 16.8 Å². The predicted molar refractivity (Wildman–Crippen MR) is 151 cm³/mol. The Morgan fingerprint density at radius 3 is 2.63 bits per heavy atom. The Balaban J connectivity index is 1.63. The summed E-state index contributed by atoms with van der Waals surface area (Å²) >= 11 is 0. The second-order valence-corrected chi connectivity index (χ2v) is 10.0. The number of carbonyl (C=O) groups is 1. The Hall–Kier alpha value is -5.17. The van der Waals surface area contributed by atoms with Gasteiger partial charge < -0.3 is 33.5 Å². The number of non-ortho nitro benzene ring substituents is 1. The summed E-state index contributed by atoms with van der Waals surface area (Å²) in [6.07, 6.45) is 2.81. The normalized spacial score (nSPS) is 11.9. The molecule has 6 aromatic rings. The van der Waals surface area contributed by atoms with Gasteiger partial charge in [0.2, 0.25) is 5.43 Å². The van der Waals surface area contributed by atoms with Crippen LogP contribution in [0.5, 0.6) is 0 Å². The quantitative estimate of drug-likeness (QED) is 0.0718. The van der Waals surface area contributed by atoms with Gasteiger partial charge >= 0.3 is 5.97 Å². The van der Waals surface area contributed by atoms with Crippen molar-refractivity contribution >= 4 is 67.1 Å². The summed E-state index contributed by atoms with van der Waals surface area (Å²) in [7, 11) is 3.94. The van der Waals surface area contributed by atoms with Crippen LogP contribution in [0.15, 0.2) is 56.2 Å². The number of aromatic amines is 1. The minimum Gasteiger partial charge on any atom is -0.477 e. The maximum Gasteiger partial charge on any atom is 0.341 e. The molecule has 12 nitrogen and oxygen atoms in total. The number of aromatic nitrogens is 2. The summed E-state index contributed by atoms with van der Waals surface area (Å²) in [5, 5.41) is 23.9. The van der Waals surface area contributed by atoms with E-state index in [-0.39, 0.29) is 44.6 Å². The first-order valence-electron chi connectivity index (χ1n) is 12.8. The van der Waals surface area contributed by atoms with E-state index in [1.165, 1.54) is 28.8 Å². The van der Waals surface area contributed by atoms with Crippen LogP contribution in [0.3, 0.4) is 0 Å². The highest BCUT2D eigenvalue weighted by Gasteiger charge is 2.23. The van der Waals surface area contributed by atoms with E-state index < -0.39 is 27.7 Å². The Morgan fingerprint density at radius 2 is 1.90 bits per heavy atom. The third-order valence-corrected chi connectivity index (χ3v) is 6.96. The minimum absolute atomic E-state index is 0.0573. The number of nitrogens with one attached hydrogen (secondary N) is 2. The summed E-state index contributed by atoms with van der Waals surface area (Å²) in [5.41, 5.74) is 0.836. The van der Waals surface area contributed by atoms with E-state index in [1.807, 2.05) is 14.1 Å². The largest absolute Gasteiger partial charge is 0.477 e. The van der Waals surface area contributed by atoms with Gasteiger partial charge in [-0.05, 0) is 45.6 Å². The highest BCUT2D eigenvalue weighted by atomic mass is 19.1. The van der Waals surface area contributed by atoms with Crippen molar-refractivity contribution in [2.75, 3.05) is 32.5 Å². The molecule has 0 bridgehead atoms. The molecule has 3 aromatic heterocycles. The Morgan fingerprint density at radius 1 is 1.12 bits per heavy atom. The van der Waals surface area contributed by atoms with Crippen LogP contribution in [-0.4, -0.2) is 57.5 Å². The van der Waals surface area contributed by atoms with Gasteiger partial charge in [-0.15, -0.1) is 0 Å². The number of hydrogen-bond acceptors (Lipinski definition) is 8. The van der Waals surface area contributed by atoms with Gasteiger partial charge in [0.05, 0.1) is 32.9 Å². The molecular formula is C28H24FN5O7. The van der Waals surface area contributed by atoms with Crippen molar-refractivity contribution in [2.45, 2.75) is 12.8 Å². The fourth-order valence-corrected chi connectivity index (χ4v) is 4.99. The zero-order valence-electron chi connectivity index (χ0n) is 22.0. The summed E-state index contributed by atoms with van der Waals surface area (Å²) < 4.78 is 29.1. The topological polar surface area (TPSA) is 159 Å². The van der Waals surface area contributed by atoms with Crippen LogP contribution in [0.2, 0.25) is 0 Å². The van der Waals surface area contributed by atoms with Gasteiger partial charge in [0.25, 0.3) is 5.69 Å². The second-order valence-electron chi connectivity index (χ2n) is 10.0. The van der Waals surface area contributed by atoms with Gasteiger partial charge in [-0.2, -0.15) is 0 Å². The maximum absolute atomic E-state index is 15.5. The molecule has 0 aliphatic heterocycles. The molecular weight excluding hydrogens is 537 g/mol. The molecule has 0 amide bonds. The number of nitrogens with zero attached hydrogens (tertiary/aromatic N) is 3. The number of benzene rings is 3. The number of rotatable bonds is 8. The van der Waals surface area contributed by atoms with Crippen LogP contribution in [0.4, 0.5) is 15.8 Å². The summed E-state index contributed by atoms with van der Waals surface area (Å²) in [6.45, 7) is 1.31. The number of anilines is 1. The standard InChI is InChI=1S/C28H24FN5O7/c1-32(2)8-4-3-7-30-24-17(29)10-15-25-27(24)41-23-11-19-22(12-20(23)33(25)13-16(26(15)35)28(36)37)40-21-9-14(34(38)39)5-6-18(21)31-19/h5-6,9-13,30-31H,3-4,7-8H2,1-2H3,(H,36,37). The van der Waals surface area contributed by atoms with Crippen molar-refractivity contribution in [2.24, 2.45) is 0 Å². The lowest BCUT2D eigenvalue weighted by Gasteiger charge is -2.17. The minimum atomic E-state index is -1.46. The SMILES string of the molecule is CN(C)CCCCNc1c(F)cc2c(=O)c(C(=O)O)cn3c4cc5oc6cc([N+](=O)[O-])ccc6[nH]c5cc4oc1c23. The predicted octanol–water partition coefficient (Wildman–Crippen LogP) is 5.49. The van der Waals surface area contributed by atoms with Crippen LogP contribution in [0.1, 0.15) is 23.2 Å². The molecule has 0 aliphatic rings. The number of carboxylic acids is 1. The van der Waals surface area contributed by atoms with Crippen molar-refractivity contribution < 1.29 is 28.0 Å². The molecule has 3 N–H and O–H groups in total. The van der Waals surface area contributed by atoms with E-state index in [2.05, 4.69) is 15.2 Å². The molecule has 0 saturated carbocycles. The van der Waals surface area contributed by atoms with Crippen LogP contribution >= 0.6 is 0 Å². The fraction of sp³-hybridized carbons (Fsp3) is 0.214. The van der Waals surface area contributed by atoms with Crippen LogP contribution in [0.25, 0.3) is 49.8 Å². The number of H-pyrrole nitrogens is 1. The molecule has 6 rings (SSSR count). The zero-order chi connectivity index (χ0) is 29.0. The third kappa shape index (κ3) is 4.45. The first-order chi connectivity index (χ1) is 19.6. The van der Waals surface area contributed by atoms with Crippen molar-refractivity contribution in [3.63, 3.8) is 0 Å². The summed E-state index contributed by atoms with van der Waals surface area (Å²) in [6, 6.07) is 8.34. The Labute approximate surface area is 229 Å². The average Bonchev–Trinajstić information content (AvgIpc) is 2.92. The molecule has 41 heavy (non-hydrogen) atoms. The number of unbranched alkanes of at least 4 members (excludes halogenated alkanes) is 1. The van der Waals surface area contributed by atoms with Crippen molar-refractivity contribution in [3.8, 4) is 0 Å². The second kappa shape index (κ2) is 9.78. The number of nitro groups is 1. The molecule has 0 atom stereocenters. The number of carboxylic acid groups (broad SMARTS) is 1. The van der Waals surface area contributed by atoms with Crippen LogP contribution in [-0.2, 0) is 0 Å². The van der Waals surface area contributed by atoms with E-state index in [4.69, 9.17) is 8.83 Å². The van der Waals surface area contributed by atoms with Gasteiger partial charge in [0, 0.05) is 30.9 Å². The molecule has 0 spiro atoms. The third-order valence-electron chi connectivity index (χ3n) is 6.96. The lowest BCUT2D eigenvalue weighted by Crippen LogP contribution is -2.18. The van der Waals surface area contributed by atoms with Crippen molar-refractivity contribution in [1.29, 1.82) is 0 Å². The van der Waals surface area contributed by atoms with E-state index in [0.717, 1.165) is 25.5 Å². The van der Waals surface area contributed by atoms with E-state index in [1.54, 1.807) is 12.1 Å². The number of aromatic carboxylic acids is 1. The molecule has 3 heterocycles. The number of pyridine rings is 1. The zero-order valence-corrected chi connectivity index (χ0v) is 22.0. The lowest BCUT2D eigenvalue weighted by molar-refractivity contribution is -0.384. The number of fused-ring (bicyclic) bond motifs is 4. The van der Waals surface area contributed by atoms with Gasteiger partial charge in [0.15, 0.2) is 28.1 Å². The van der Waals surface area contributed by atoms with Crippen molar-refractivity contribution in [3.05, 3.63) is 74.3 Å². The summed E-state index contributed by atoms with van der Waals surface area (Å²) in [5.74, 6) is -2.21. The number of hydrogen-bond donors (Lipinski definition) is 3. The van der Waals surface area contributed by atoms with E-state index in [9.17, 15) is 24.8 Å². The van der Waals surface area contributed by atoms with Crippen LogP contribution < -0.4 is 10.7 Å². The fourth-order valence-electron chi connectivity index (χ4n) is 4.99. The summed E-state index contributed by atoms with van der Waals surface area (Å²) in [4.78, 5) is 41.0. The smallest absolute Gasteiger partial charge is 0.341 e. The maximum atomic E-state index is 15.5. The molecule has 0 radical (unpaired) electrons. The first-order valence-corrected chi connectivity index (χ1v) is 12.8. The highest BCUT2D eigenvalue weighted by Crippen LogP contribution is 2.35. The van der Waals surface area contributed by atoms with Gasteiger partial charge in [-0.25, -0.2) is 9.18 Å². The first kappa shape index (κ1) is 26.1. The lowest BCUT2D eigenvalue weighted by atomic mass is 10.1. The number of halogens is 1. The van der Waals surface area contributed by atoms with E-state index >= 15 is 4.39 Å². The highest BCUT2D eigenvalue weighted by molar-refractivity contribution is 6.06. The molecule has 0 fully saturated rings. The molecule has 0 saturated heterocycles. The van der Waals surface area contributed by atoms with Gasteiger partial charge in [-0.3, -0.25) is 14.9 Å². The molecule has 210 valence electrons. The molecule has 0 unspecified atom stereocenters. The number of nitro benzene ring substituents is 1. The average molecular weight is 562 g/mol. The Kier molecular flexibility index (Phi) is 6.22. The van der Waals surface area contributed by atoms with E-state index in [0.29, 0.717) is 23.1 Å². The van der Waals surface area contributed by atoms with Gasteiger partial charge in [-0.1, -0.05) is 0 Å². The molecule has 13 heteroatoms. The Bertz CT molecular complexity index is 2120. The molecule has 0 aliphatic carbocycles.